The van der Waals surface area contributed by atoms with Gasteiger partial charge in [0.1, 0.15) is 6.04 Å². The molecule has 1 unspecified atom stereocenters. The lowest BCUT2D eigenvalue weighted by Gasteiger charge is -2.32. The number of nitrogens with zero attached hydrogens (tertiary/aromatic N) is 1. The topological polar surface area (TPSA) is 57.6 Å². The first-order chi connectivity index (χ1) is 9.00. The Morgan fingerprint density at radius 2 is 2.21 bits per heavy atom. The summed E-state index contributed by atoms with van der Waals surface area (Å²) >= 11 is 10.7. The number of amides is 1. The van der Waals surface area contributed by atoms with Crippen molar-refractivity contribution in [3.63, 3.8) is 0 Å². The Kier molecular flexibility index (Phi) is 4.76. The quantitative estimate of drug-likeness (QED) is 0.876. The van der Waals surface area contributed by atoms with E-state index in [1.165, 1.54) is 4.90 Å². The Morgan fingerprint density at radius 3 is 2.89 bits per heavy atom. The normalized spacial score (nSPS) is 19.3. The van der Waals surface area contributed by atoms with Crippen LogP contribution in [0.25, 0.3) is 0 Å². The lowest BCUT2D eigenvalue weighted by molar-refractivity contribution is -0.141. The molecular weight excluding hydrogens is 354 g/mol. The van der Waals surface area contributed by atoms with Crippen LogP contribution >= 0.6 is 39.3 Å². The zero-order valence-electron chi connectivity index (χ0n) is 9.81. The van der Waals surface area contributed by atoms with Gasteiger partial charge in [-0.2, -0.15) is 11.8 Å². The van der Waals surface area contributed by atoms with Crippen LogP contribution < -0.4 is 0 Å². The molecule has 0 radical (unpaired) electrons. The lowest BCUT2D eigenvalue weighted by Crippen LogP contribution is -2.50. The lowest BCUT2D eigenvalue weighted by atomic mass is 10.1. The minimum Gasteiger partial charge on any atom is -0.480 e. The molecule has 1 atom stereocenters. The van der Waals surface area contributed by atoms with E-state index in [4.69, 9.17) is 11.6 Å². The van der Waals surface area contributed by atoms with Crippen molar-refractivity contribution in [1.82, 2.24) is 4.90 Å². The van der Waals surface area contributed by atoms with Gasteiger partial charge >= 0.3 is 5.97 Å². The van der Waals surface area contributed by atoms with Gasteiger partial charge in [-0.05, 0) is 34.1 Å². The van der Waals surface area contributed by atoms with Crippen molar-refractivity contribution in [2.45, 2.75) is 6.04 Å². The molecule has 0 spiro atoms. The Morgan fingerprint density at radius 1 is 1.47 bits per heavy atom. The SMILES string of the molecule is O=C(O)C1CSCCN1C(=O)c1cc(Cl)ccc1Br. The standard InChI is InChI=1S/C12H11BrClNO3S/c13-9-2-1-7(14)5-8(9)11(16)15-3-4-19-6-10(15)12(17)18/h1-2,5,10H,3-4,6H2,(H,17,18). The van der Waals surface area contributed by atoms with Gasteiger partial charge in [0.05, 0.1) is 5.56 Å². The van der Waals surface area contributed by atoms with Crippen molar-refractivity contribution in [3.8, 4) is 0 Å². The molecule has 0 aliphatic carbocycles. The van der Waals surface area contributed by atoms with Crippen molar-refractivity contribution < 1.29 is 14.7 Å². The molecule has 7 heteroatoms. The number of benzene rings is 1. The Bertz CT molecular complexity index is 526. The maximum absolute atomic E-state index is 12.5. The number of carboxylic acids is 1. The number of aliphatic carboxylic acids is 1. The summed E-state index contributed by atoms with van der Waals surface area (Å²) in [6.07, 6.45) is 0. The van der Waals surface area contributed by atoms with Gasteiger partial charge < -0.3 is 10.0 Å². The highest BCUT2D eigenvalue weighted by Crippen LogP contribution is 2.25. The van der Waals surface area contributed by atoms with E-state index < -0.39 is 12.0 Å². The molecule has 19 heavy (non-hydrogen) atoms. The van der Waals surface area contributed by atoms with E-state index in [2.05, 4.69) is 15.9 Å². The van der Waals surface area contributed by atoms with Crippen LogP contribution in [-0.4, -0.2) is 46.0 Å². The molecule has 0 saturated carbocycles. The zero-order chi connectivity index (χ0) is 14.0. The van der Waals surface area contributed by atoms with Gasteiger partial charge in [-0.25, -0.2) is 4.79 Å². The van der Waals surface area contributed by atoms with Crippen LogP contribution in [0, 0.1) is 0 Å². The average Bonchev–Trinajstić information content (AvgIpc) is 2.40. The number of halogens is 2. The number of carboxylic acid groups (broad SMARTS) is 1. The molecule has 1 fully saturated rings. The third-order valence-corrected chi connectivity index (χ3v) is 4.78. The van der Waals surface area contributed by atoms with Crippen LogP contribution in [0.15, 0.2) is 22.7 Å². The van der Waals surface area contributed by atoms with Gasteiger partial charge in [0.15, 0.2) is 0 Å². The van der Waals surface area contributed by atoms with Gasteiger partial charge in [-0.15, -0.1) is 0 Å². The van der Waals surface area contributed by atoms with E-state index in [-0.39, 0.29) is 5.91 Å². The largest absolute Gasteiger partial charge is 0.480 e. The number of hydrogen-bond acceptors (Lipinski definition) is 3. The van der Waals surface area contributed by atoms with Gasteiger partial charge in [0.2, 0.25) is 0 Å². The Balaban J connectivity index is 2.31. The molecule has 4 nitrogen and oxygen atoms in total. The fourth-order valence-corrected chi connectivity index (χ4v) is 3.49. The van der Waals surface area contributed by atoms with Crippen LogP contribution in [0.5, 0.6) is 0 Å². The molecule has 102 valence electrons. The zero-order valence-corrected chi connectivity index (χ0v) is 13.0. The summed E-state index contributed by atoms with van der Waals surface area (Å²) in [5.74, 6) is -0.117. The van der Waals surface area contributed by atoms with Crippen molar-refractivity contribution >= 4 is 51.2 Å². The van der Waals surface area contributed by atoms with E-state index in [1.54, 1.807) is 30.0 Å². The highest BCUT2D eigenvalue weighted by atomic mass is 79.9. The van der Waals surface area contributed by atoms with Crippen LogP contribution in [0.2, 0.25) is 5.02 Å². The molecule has 0 bridgehead atoms. The van der Waals surface area contributed by atoms with E-state index in [9.17, 15) is 14.7 Å². The first kappa shape index (κ1) is 14.7. The highest BCUT2D eigenvalue weighted by molar-refractivity contribution is 9.10. The molecule has 1 aromatic carbocycles. The summed E-state index contributed by atoms with van der Waals surface area (Å²) in [5.41, 5.74) is 0.394. The summed E-state index contributed by atoms with van der Waals surface area (Å²) in [4.78, 5) is 25.1. The number of carbonyl (C=O) groups excluding carboxylic acids is 1. The van der Waals surface area contributed by atoms with Crippen LogP contribution in [-0.2, 0) is 4.79 Å². The molecule has 2 rings (SSSR count). The summed E-state index contributed by atoms with van der Waals surface area (Å²) in [6.45, 7) is 0.430. The Labute approximate surface area is 128 Å². The second-order valence-corrected chi connectivity index (χ2v) is 6.49. The van der Waals surface area contributed by atoms with E-state index in [0.717, 1.165) is 5.75 Å². The number of thioether (sulfide) groups is 1. The molecular formula is C12H11BrClNO3S. The molecule has 1 saturated heterocycles. The van der Waals surface area contributed by atoms with Crippen molar-refractivity contribution in [1.29, 1.82) is 0 Å². The molecule has 1 amide bonds. The smallest absolute Gasteiger partial charge is 0.327 e. The van der Waals surface area contributed by atoms with Crippen molar-refractivity contribution in [2.24, 2.45) is 0 Å². The molecule has 0 aromatic heterocycles. The summed E-state index contributed by atoms with van der Waals surface area (Å²) in [5, 5.41) is 9.63. The monoisotopic (exact) mass is 363 g/mol. The summed E-state index contributed by atoms with van der Waals surface area (Å²) < 4.78 is 0.615. The van der Waals surface area contributed by atoms with Gasteiger partial charge in [0, 0.05) is 27.5 Å². The van der Waals surface area contributed by atoms with Crippen LogP contribution in [0.4, 0.5) is 0 Å². The number of carbonyl (C=O) groups is 2. The number of hydrogen-bond donors (Lipinski definition) is 1. The number of rotatable bonds is 2. The van der Waals surface area contributed by atoms with E-state index >= 15 is 0 Å². The predicted octanol–water partition coefficient (Wildman–Crippen LogP) is 2.74. The first-order valence-corrected chi connectivity index (χ1v) is 7.90. The van der Waals surface area contributed by atoms with Crippen LogP contribution in [0.1, 0.15) is 10.4 Å². The summed E-state index contributed by atoms with van der Waals surface area (Å²) in [6, 6.07) is 4.12. The van der Waals surface area contributed by atoms with E-state index in [0.29, 0.717) is 27.4 Å². The van der Waals surface area contributed by atoms with Crippen molar-refractivity contribution in [3.05, 3.63) is 33.3 Å². The first-order valence-electron chi connectivity index (χ1n) is 5.57. The average molecular weight is 365 g/mol. The third kappa shape index (κ3) is 3.24. The van der Waals surface area contributed by atoms with Gasteiger partial charge in [-0.3, -0.25) is 4.79 Å². The molecule has 1 aromatic rings. The molecule has 1 aliphatic heterocycles. The molecule has 1 N–H and O–H groups in total. The minimum atomic E-state index is -0.973. The van der Waals surface area contributed by atoms with Gasteiger partial charge in [0.25, 0.3) is 5.91 Å². The van der Waals surface area contributed by atoms with Crippen LogP contribution in [0.3, 0.4) is 0 Å². The van der Waals surface area contributed by atoms with Crippen molar-refractivity contribution in [2.75, 3.05) is 18.1 Å². The fraction of sp³-hybridized carbons (Fsp3) is 0.333. The Hall–Kier alpha value is -0.720. The third-order valence-electron chi connectivity index (χ3n) is 2.83. The second-order valence-electron chi connectivity index (χ2n) is 4.05. The fourth-order valence-electron chi connectivity index (χ4n) is 1.87. The minimum absolute atomic E-state index is 0.304. The predicted molar refractivity (Wildman–Crippen MR) is 78.9 cm³/mol. The van der Waals surface area contributed by atoms with Gasteiger partial charge in [-0.1, -0.05) is 11.6 Å². The maximum atomic E-state index is 12.5. The second kappa shape index (κ2) is 6.15. The highest BCUT2D eigenvalue weighted by Gasteiger charge is 2.33. The molecule has 1 aliphatic rings. The van der Waals surface area contributed by atoms with E-state index in [1.807, 2.05) is 0 Å². The molecule has 1 heterocycles. The summed E-state index contributed by atoms with van der Waals surface area (Å²) in [7, 11) is 0. The maximum Gasteiger partial charge on any atom is 0.327 e.